The molecule has 1 aromatic carbocycles. The third-order valence-corrected chi connectivity index (χ3v) is 2.72. The predicted molar refractivity (Wildman–Crippen MR) is 64.8 cm³/mol. The summed E-state index contributed by atoms with van der Waals surface area (Å²) in [5.41, 5.74) is 5.65. The van der Waals surface area contributed by atoms with Gasteiger partial charge in [-0.05, 0) is 31.5 Å². The largest absolute Gasteiger partial charge is 0.489 e. The van der Waals surface area contributed by atoms with E-state index < -0.39 is 24.7 Å². The second kappa shape index (κ2) is 6.29. The molecule has 0 aliphatic carbocycles. The third-order valence-electron chi connectivity index (χ3n) is 2.48. The van der Waals surface area contributed by atoms with Crippen molar-refractivity contribution in [2.45, 2.75) is 38.1 Å². The Labute approximate surface area is 109 Å². The molecule has 0 saturated carbocycles. The number of ether oxygens (including phenoxy) is 1. The van der Waals surface area contributed by atoms with Gasteiger partial charge in [0.1, 0.15) is 11.9 Å². The second-order valence-corrected chi connectivity index (χ2v) is 4.53. The molecule has 0 fully saturated rings. The average Bonchev–Trinajstić information content (AvgIpc) is 2.24. The lowest BCUT2D eigenvalue weighted by Crippen LogP contribution is -2.37. The van der Waals surface area contributed by atoms with Crippen LogP contribution in [0.3, 0.4) is 0 Å². The van der Waals surface area contributed by atoms with Gasteiger partial charge in [0.2, 0.25) is 0 Å². The zero-order valence-corrected chi connectivity index (χ0v) is 10.6. The van der Waals surface area contributed by atoms with Crippen molar-refractivity contribution in [2.75, 3.05) is 0 Å². The van der Waals surface area contributed by atoms with Gasteiger partial charge in [0.25, 0.3) is 0 Å². The zero-order chi connectivity index (χ0) is 13.8. The summed E-state index contributed by atoms with van der Waals surface area (Å²) in [6.45, 7) is 1.64. The third kappa shape index (κ3) is 5.60. The van der Waals surface area contributed by atoms with Crippen LogP contribution in [0.2, 0.25) is 5.02 Å². The van der Waals surface area contributed by atoms with Crippen LogP contribution in [0, 0.1) is 0 Å². The number of hydrogen-bond donors (Lipinski definition) is 1. The van der Waals surface area contributed by atoms with Gasteiger partial charge in [-0.3, -0.25) is 0 Å². The molecule has 0 bridgehead atoms. The molecule has 6 heteroatoms. The number of nitrogens with two attached hydrogens (primary N) is 1. The Morgan fingerprint density at radius 3 is 2.61 bits per heavy atom. The first-order chi connectivity index (χ1) is 8.28. The first kappa shape index (κ1) is 15.1. The van der Waals surface area contributed by atoms with E-state index >= 15 is 0 Å². The Morgan fingerprint density at radius 2 is 2.06 bits per heavy atom. The highest BCUT2D eigenvalue weighted by Gasteiger charge is 2.29. The molecular weight excluding hydrogens is 267 g/mol. The molecule has 0 saturated heterocycles. The molecule has 0 aliphatic rings. The molecule has 0 aromatic heterocycles. The Kier molecular flexibility index (Phi) is 5.28. The molecule has 0 spiro atoms. The van der Waals surface area contributed by atoms with E-state index in [9.17, 15) is 13.2 Å². The summed E-state index contributed by atoms with van der Waals surface area (Å²) in [4.78, 5) is 0. The average molecular weight is 282 g/mol. The maximum atomic E-state index is 12.0. The lowest BCUT2D eigenvalue weighted by molar-refractivity contribution is -0.137. The van der Waals surface area contributed by atoms with E-state index in [2.05, 4.69) is 0 Å². The minimum Gasteiger partial charge on any atom is -0.489 e. The normalized spacial score (nSPS) is 15.2. The Balaban J connectivity index is 2.47. The number of benzene rings is 1. The standard InChI is InChI=1S/C12H15ClF3NO/c1-8(11(17)5-6-12(14,15)16)18-10-4-2-3-9(13)7-10/h2-4,7-8,11H,5-6,17H2,1H3. The highest BCUT2D eigenvalue weighted by atomic mass is 35.5. The van der Waals surface area contributed by atoms with Crippen LogP contribution >= 0.6 is 11.6 Å². The van der Waals surface area contributed by atoms with Gasteiger partial charge in [0, 0.05) is 17.5 Å². The molecule has 2 unspecified atom stereocenters. The molecule has 1 rings (SSSR count). The van der Waals surface area contributed by atoms with E-state index in [1.807, 2.05) is 0 Å². The topological polar surface area (TPSA) is 35.2 Å². The fourth-order valence-corrected chi connectivity index (χ4v) is 1.59. The van der Waals surface area contributed by atoms with Gasteiger partial charge in [0.15, 0.2) is 0 Å². The fourth-order valence-electron chi connectivity index (χ4n) is 1.41. The predicted octanol–water partition coefficient (Wildman–Crippen LogP) is 3.78. The zero-order valence-electron chi connectivity index (χ0n) is 9.88. The minimum atomic E-state index is -4.19. The van der Waals surface area contributed by atoms with Crippen LogP contribution in [0.5, 0.6) is 5.75 Å². The molecular formula is C12H15ClF3NO. The molecule has 2 atom stereocenters. The van der Waals surface area contributed by atoms with Crippen LogP contribution in [-0.4, -0.2) is 18.3 Å². The van der Waals surface area contributed by atoms with Crippen LogP contribution in [-0.2, 0) is 0 Å². The van der Waals surface area contributed by atoms with Crippen molar-refractivity contribution in [2.24, 2.45) is 5.73 Å². The molecule has 18 heavy (non-hydrogen) atoms. The number of alkyl halides is 3. The van der Waals surface area contributed by atoms with Crippen molar-refractivity contribution in [1.29, 1.82) is 0 Å². The first-order valence-electron chi connectivity index (χ1n) is 5.52. The Hall–Kier alpha value is -0.940. The van der Waals surface area contributed by atoms with Crippen molar-refractivity contribution in [3.63, 3.8) is 0 Å². The smallest absolute Gasteiger partial charge is 0.389 e. The van der Waals surface area contributed by atoms with Gasteiger partial charge in [-0.2, -0.15) is 13.2 Å². The molecule has 0 radical (unpaired) electrons. The monoisotopic (exact) mass is 281 g/mol. The van der Waals surface area contributed by atoms with Crippen molar-refractivity contribution in [1.82, 2.24) is 0 Å². The van der Waals surface area contributed by atoms with Crippen LogP contribution in [0.4, 0.5) is 13.2 Å². The van der Waals surface area contributed by atoms with Gasteiger partial charge < -0.3 is 10.5 Å². The lowest BCUT2D eigenvalue weighted by Gasteiger charge is -2.22. The number of halogens is 4. The second-order valence-electron chi connectivity index (χ2n) is 4.10. The van der Waals surface area contributed by atoms with Gasteiger partial charge in [-0.25, -0.2) is 0 Å². The van der Waals surface area contributed by atoms with Gasteiger partial charge in [-0.1, -0.05) is 17.7 Å². The molecule has 1 aromatic rings. The van der Waals surface area contributed by atoms with Crippen molar-refractivity contribution in [3.8, 4) is 5.75 Å². The maximum absolute atomic E-state index is 12.0. The highest BCUT2D eigenvalue weighted by molar-refractivity contribution is 6.30. The fraction of sp³-hybridized carbons (Fsp3) is 0.500. The summed E-state index contributed by atoms with van der Waals surface area (Å²) in [5.74, 6) is 0.498. The summed E-state index contributed by atoms with van der Waals surface area (Å²) in [6.07, 6.45) is -5.76. The van der Waals surface area contributed by atoms with Crippen molar-refractivity contribution < 1.29 is 17.9 Å². The quantitative estimate of drug-likeness (QED) is 0.891. The van der Waals surface area contributed by atoms with E-state index in [0.29, 0.717) is 10.8 Å². The summed E-state index contributed by atoms with van der Waals surface area (Å²) in [5, 5.41) is 0.503. The van der Waals surface area contributed by atoms with E-state index in [1.165, 1.54) is 0 Å². The number of rotatable bonds is 5. The van der Waals surface area contributed by atoms with Crippen LogP contribution in [0.25, 0.3) is 0 Å². The van der Waals surface area contributed by atoms with Crippen LogP contribution < -0.4 is 10.5 Å². The Bertz CT molecular complexity index is 384. The molecule has 0 heterocycles. The SMILES string of the molecule is CC(Oc1cccc(Cl)c1)C(N)CCC(F)(F)F. The van der Waals surface area contributed by atoms with E-state index in [1.54, 1.807) is 31.2 Å². The van der Waals surface area contributed by atoms with Crippen LogP contribution in [0.15, 0.2) is 24.3 Å². The van der Waals surface area contributed by atoms with Gasteiger partial charge in [0.05, 0.1) is 0 Å². The lowest BCUT2D eigenvalue weighted by atomic mass is 10.1. The van der Waals surface area contributed by atoms with Crippen molar-refractivity contribution >= 4 is 11.6 Å². The van der Waals surface area contributed by atoms with E-state index in [-0.39, 0.29) is 6.42 Å². The maximum Gasteiger partial charge on any atom is 0.389 e. The van der Waals surface area contributed by atoms with Gasteiger partial charge >= 0.3 is 6.18 Å². The van der Waals surface area contributed by atoms with E-state index in [4.69, 9.17) is 22.1 Å². The Morgan fingerprint density at radius 1 is 1.39 bits per heavy atom. The van der Waals surface area contributed by atoms with Crippen LogP contribution in [0.1, 0.15) is 19.8 Å². The molecule has 0 amide bonds. The van der Waals surface area contributed by atoms with Crippen molar-refractivity contribution in [3.05, 3.63) is 29.3 Å². The highest BCUT2D eigenvalue weighted by Crippen LogP contribution is 2.24. The molecule has 2 nitrogen and oxygen atoms in total. The summed E-state index contributed by atoms with van der Waals surface area (Å²) < 4.78 is 41.6. The summed E-state index contributed by atoms with van der Waals surface area (Å²) in [6, 6.07) is 5.98. The summed E-state index contributed by atoms with van der Waals surface area (Å²) in [7, 11) is 0. The van der Waals surface area contributed by atoms with Gasteiger partial charge in [-0.15, -0.1) is 0 Å². The molecule has 2 N–H and O–H groups in total. The first-order valence-corrected chi connectivity index (χ1v) is 5.90. The summed E-state index contributed by atoms with van der Waals surface area (Å²) >= 11 is 5.77. The molecule has 0 aliphatic heterocycles. The minimum absolute atomic E-state index is 0.161. The molecule has 102 valence electrons. The number of hydrogen-bond acceptors (Lipinski definition) is 2. The van der Waals surface area contributed by atoms with E-state index in [0.717, 1.165) is 0 Å².